The SMILES string of the molecule is CCc1c(NCc2ccccn2)nc(N[C@H](C)C2CC2)nc1-c1cccc(C(F)(F)F)n1. The molecule has 0 unspecified atom stereocenters. The molecule has 9 heteroatoms. The zero-order chi connectivity index (χ0) is 22.7. The van der Waals surface area contributed by atoms with Crippen molar-refractivity contribution >= 4 is 11.8 Å². The molecule has 3 heterocycles. The van der Waals surface area contributed by atoms with Crippen LogP contribution in [-0.4, -0.2) is 26.0 Å². The summed E-state index contributed by atoms with van der Waals surface area (Å²) in [5, 5.41) is 6.61. The monoisotopic (exact) mass is 442 g/mol. The minimum Gasteiger partial charge on any atom is -0.364 e. The second-order valence-corrected chi connectivity index (χ2v) is 7.93. The highest BCUT2D eigenvalue weighted by Gasteiger charge is 2.33. The fourth-order valence-corrected chi connectivity index (χ4v) is 3.56. The zero-order valence-corrected chi connectivity index (χ0v) is 17.9. The number of anilines is 2. The molecule has 1 atom stereocenters. The largest absolute Gasteiger partial charge is 0.433 e. The Morgan fingerprint density at radius 1 is 1.06 bits per heavy atom. The maximum absolute atomic E-state index is 13.3. The summed E-state index contributed by atoms with van der Waals surface area (Å²) in [5.41, 5.74) is 1.15. The van der Waals surface area contributed by atoms with Crippen LogP contribution in [0.15, 0.2) is 42.6 Å². The van der Waals surface area contributed by atoms with Gasteiger partial charge in [0.1, 0.15) is 11.5 Å². The van der Waals surface area contributed by atoms with E-state index in [1.165, 1.54) is 6.07 Å². The molecule has 0 aromatic carbocycles. The van der Waals surface area contributed by atoms with E-state index in [0.29, 0.717) is 41.9 Å². The highest BCUT2D eigenvalue weighted by Crippen LogP contribution is 2.35. The maximum atomic E-state index is 13.3. The van der Waals surface area contributed by atoms with Crippen molar-refractivity contribution in [3.8, 4) is 11.4 Å². The van der Waals surface area contributed by atoms with Crippen molar-refractivity contribution in [2.75, 3.05) is 10.6 Å². The third-order valence-corrected chi connectivity index (χ3v) is 5.49. The van der Waals surface area contributed by atoms with Crippen molar-refractivity contribution in [3.63, 3.8) is 0 Å². The van der Waals surface area contributed by atoms with Crippen LogP contribution in [-0.2, 0) is 19.1 Å². The number of alkyl halides is 3. The van der Waals surface area contributed by atoms with Gasteiger partial charge in [-0.05, 0) is 56.4 Å². The maximum Gasteiger partial charge on any atom is 0.433 e. The predicted molar refractivity (Wildman–Crippen MR) is 117 cm³/mol. The Bertz CT molecular complexity index is 1070. The fraction of sp³-hybridized carbons (Fsp3) is 0.391. The molecule has 0 spiro atoms. The summed E-state index contributed by atoms with van der Waals surface area (Å²) in [4.78, 5) is 17.4. The lowest BCUT2D eigenvalue weighted by molar-refractivity contribution is -0.141. The van der Waals surface area contributed by atoms with Gasteiger partial charge in [-0.1, -0.05) is 19.1 Å². The summed E-state index contributed by atoms with van der Waals surface area (Å²) >= 11 is 0. The Kier molecular flexibility index (Phi) is 6.25. The standard InChI is InChI=1S/C23H25F3N6/c1-3-17-20(18-8-6-9-19(30-18)23(24,25)26)31-22(29-14(2)15-10-11-15)32-21(17)28-13-16-7-4-5-12-27-16/h4-9,12,14-15H,3,10-11,13H2,1-2H3,(H2,28,29,31,32)/t14-/m1/s1. The van der Waals surface area contributed by atoms with E-state index < -0.39 is 11.9 Å². The molecule has 32 heavy (non-hydrogen) atoms. The minimum atomic E-state index is -4.53. The van der Waals surface area contributed by atoms with Crippen LogP contribution in [0.3, 0.4) is 0 Å². The molecule has 0 radical (unpaired) electrons. The summed E-state index contributed by atoms with van der Waals surface area (Å²) in [6.45, 7) is 4.41. The number of nitrogens with one attached hydrogen (secondary N) is 2. The second-order valence-electron chi connectivity index (χ2n) is 7.93. The molecule has 0 amide bonds. The average molecular weight is 442 g/mol. The molecule has 168 valence electrons. The highest BCUT2D eigenvalue weighted by molar-refractivity contribution is 5.68. The van der Waals surface area contributed by atoms with Crippen molar-refractivity contribution in [1.29, 1.82) is 0 Å². The summed E-state index contributed by atoms with van der Waals surface area (Å²) in [6, 6.07) is 9.67. The van der Waals surface area contributed by atoms with E-state index in [4.69, 9.17) is 0 Å². The molecule has 1 fully saturated rings. The van der Waals surface area contributed by atoms with Gasteiger partial charge in [-0.25, -0.2) is 9.97 Å². The Balaban J connectivity index is 1.74. The third kappa shape index (κ3) is 5.15. The molecule has 3 aromatic heterocycles. The third-order valence-electron chi connectivity index (χ3n) is 5.49. The zero-order valence-electron chi connectivity index (χ0n) is 17.9. The van der Waals surface area contributed by atoms with Gasteiger partial charge in [-0.3, -0.25) is 4.98 Å². The average Bonchev–Trinajstić information content (AvgIpc) is 3.63. The number of halogens is 3. The Morgan fingerprint density at radius 2 is 1.88 bits per heavy atom. The lowest BCUT2D eigenvalue weighted by Crippen LogP contribution is -2.20. The van der Waals surface area contributed by atoms with Gasteiger partial charge in [0.2, 0.25) is 5.95 Å². The number of nitrogens with zero attached hydrogens (tertiary/aromatic N) is 4. The van der Waals surface area contributed by atoms with Gasteiger partial charge in [-0.15, -0.1) is 0 Å². The number of pyridine rings is 2. The molecular formula is C23H25F3N6. The first-order valence-electron chi connectivity index (χ1n) is 10.7. The predicted octanol–water partition coefficient (Wildman–Crippen LogP) is 5.34. The van der Waals surface area contributed by atoms with Crippen molar-refractivity contribution in [2.24, 2.45) is 5.92 Å². The second kappa shape index (κ2) is 9.10. The molecule has 0 bridgehead atoms. The van der Waals surface area contributed by atoms with Crippen molar-refractivity contribution in [1.82, 2.24) is 19.9 Å². The molecule has 0 aliphatic heterocycles. The van der Waals surface area contributed by atoms with Crippen molar-refractivity contribution in [3.05, 3.63) is 59.5 Å². The van der Waals surface area contributed by atoms with Crippen LogP contribution in [0.2, 0.25) is 0 Å². The van der Waals surface area contributed by atoms with E-state index in [1.807, 2.05) is 25.1 Å². The van der Waals surface area contributed by atoms with Gasteiger partial charge in [0, 0.05) is 17.8 Å². The number of hydrogen-bond acceptors (Lipinski definition) is 6. The lowest BCUT2D eigenvalue weighted by Gasteiger charge is -2.19. The van der Waals surface area contributed by atoms with Crippen LogP contribution in [0.1, 0.15) is 43.6 Å². The molecule has 1 saturated carbocycles. The fourth-order valence-electron chi connectivity index (χ4n) is 3.56. The molecule has 6 nitrogen and oxygen atoms in total. The van der Waals surface area contributed by atoms with Crippen LogP contribution in [0, 0.1) is 5.92 Å². The van der Waals surface area contributed by atoms with Gasteiger partial charge in [-0.2, -0.15) is 18.2 Å². The topological polar surface area (TPSA) is 75.6 Å². The van der Waals surface area contributed by atoms with E-state index in [-0.39, 0.29) is 11.7 Å². The van der Waals surface area contributed by atoms with Gasteiger partial charge in [0.15, 0.2) is 0 Å². The number of hydrogen-bond donors (Lipinski definition) is 2. The van der Waals surface area contributed by atoms with E-state index >= 15 is 0 Å². The summed E-state index contributed by atoms with van der Waals surface area (Å²) < 4.78 is 39.8. The molecule has 1 aliphatic carbocycles. The van der Waals surface area contributed by atoms with E-state index in [1.54, 1.807) is 12.3 Å². The molecule has 4 rings (SSSR count). The molecular weight excluding hydrogens is 417 g/mol. The molecule has 0 saturated heterocycles. The normalized spacial score (nSPS) is 14.8. The van der Waals surface area contributed by atoms with Crippen LogP contribution in [0.5, 0.6) is 0 Å². The van der Waals surface area contributed by atoms with Crippen LogP contribution in [0.25, 0.3) is 11.4 Å². The summed E-state index contributed by atoms with van der Waals surface area (Å²) in [5.74, 6) is 1.50. The molecule has 3 aromatic rings. The van der Waals surface area contributed by atoms with Crippen molar-refractivity contribution < 1.29 is 13.2 Å². The van der Waals surface area contributed by atoms with E-state index in [0.717, 1.165) is 24.6 Å². The number of aromatic nitrogens is 4. The van der Waals surface area contributed by atoms with Crippen LogP contribution < -0.4 is 10.6 Å². The quantitative estimate of drug-likeness (QED) is 0.491. The smallest absolute Gasteiger partial charge is 0.364 e. The van der Waals surface area contributed by atoms with Gasteiger partial charge >= 0.3 is 6.18 Å². The Labute approximate surface area is 184 Å². The first-order chi connectivity index (χ1) is 15.3. The first-order valence-corrected chi connectivity index (χ1v) is 10.7. The van der Waals surface area contributed by atoms with Gasteiger partial charge < -0.3 is 10.6 Å². The van der Waals surface area contributed by atoms with E-state index in [2.05, 4.69) is 37.5 Å². The lowest BCUT2D eigenvalue weighted by atomic mass is 10.1. The summed E-state index contributed by atoms with van der Waals surface area (Å²) in [7, 11) is 0. The Hall–Kier alpha value is -3.23. The van der Waals surface area contributed by atoms with Crippen LogP contribution in [0.4, 0.5) is 24.9 Å². The van der Waals surface area contributed by atoms with Crippen LogP contribution >= 0.6 is 0 Å². The van der Waals surface area contributed by atoms with Crippen molar-refractivity contribution in [2.45, 2.75) is 51.9 Å². The highest BCUT2D eigenvalue weighted by atomic mass is 19.4. The number of rotatable bonds is 8. The molecule has 1 aliphatic rings. The van der Waals surface area contributed by atoms with Gasteiger partial charge in [0.25, 0.3) is 0 Å². The van der Waals surface area contributed by atoms with E-state index in [9.17, 15) is 13.2 Å². The Morgan fingerprint density at radius 3 is 2.53 bits per heavy atom. The van der Waals surface area contributed by atoms with Gasteiger partial charge in [0.05, 0.1) is 23.6 Å². The first kappa shape index (κ1) is 22.0. The summed E-state index contributed by atoms with van der Waals surface area (Å²) in [6.07, 6.45) is -0.00457. The minimum absolute atomic E-state index is 0.169. The molecule has 2 N–H and O–H groups in total.